The molecule has 3 rings (SSSR count). The summed E-state index contributed by atoms with van der Waals surface area (Å²) in [6, 6.07) is 13.6. The molecular formula is C20H28N2O4S. The third-order valence-electron chi connectivity index (χ3n) is 4.29. The Bertz CT molecular complexity index is 784. The second-order valence-corrected chi connectivity index (χ2v) is 8.03. The first kappa shape index (κ1) is 21.2. The van der Waals surface area contributed by atoms with Gasteiger partial charge >= 0.3 is 0 Å². The van der Waals surface area contributed by atoms with Crippen molar-refractivity contribution in [3.05, 3.63) is 54.1 Å². The predicted octanol–water partition coefficient (Wildman–Crippen LogP) is 3.38. The molecular weight excluding hydrogens is 364 g/mol. The van der Waals surface area contributed by atoms with Crippen molar-refractivity contribution in [1.82, 2.24) is 4.90 Å². The van der Waals surface area contributed by atoms with Gasteiger partial charge in [-0.25, -0.2) is 0 Å². The minimum absolute atomic E-state index is 0.0666. The highest BCUT2D eigenvalue weighted by Gasteiger charge is 2.10. The highest BCUT2D eigenvalue weighted by Crippen LogP contribution is 2.14. The smallest absolute Gasteiger partial charge is 0.294 e. The van der Waals surface area contributed by atoms with Gasteiger partial charge in [0.2, 0.25) is 0 Å². The molecule has 1 heterocycles. The van der Waals surface area contributed by atoms with Crippen molar-refractivity contribution < 1.29 is 17.7 Å². The minimum atomic E-state index is -4.02. The first-order chi connectivity index (χ1) is 12.8. The zero-order valence-corrected chi connectivity index (χ0v) is 16.5. The molecule has 1 fully saturated rings. The van der Waals surface area contributed by atoms with Crippen LogP contribution in [-0.4, -0.2) is 44.1 Å². The van der Waals surface area contributed by atoms with Gasteiger partial charge in [0.05, 0.1) is 11.5 Å². The Kier molecular flexibility index (Phi) is 8.09. The van der Waals surface area contributed by atoms with E-state index in [4.69, 9.17) is 15.0 Å². The molecule has 0 atom stereocenters. The van der Waals surface area contributed by atoms with Crippen LogP contribution in [0.15, 0.2) is 53.4 Å². The number of hydrogen-bond donors (Lipinski definition) is 2. The number of anilines is 1. The fourth-order valence-corrected chi connectivity index (χ4v) is 3.24. The lowest BCUT2D eigenvalue weighted by Gasteiger charge is -2.14. The van der Waals surface area contributed by atoms with E-state index in [1.54, 1.807) is 12.1 Å². The monoisotopic (exact) mass is 392 g/mol. The summed E-state index contributed by atoms with van der Waals surface area (Å²) in [6.45, 7) is 6.33. The number of likely N-dealkylation sites (tertiary alicyclic amines) is 1. The molecule has 0 aliphatic carbocycles. The van der Waals surface area contributed by atoms with Crippen molar-refractivity contribution in [3.8, 4) is 5.75 Å². The van der Waals surface area contributed by atoms with Crippen molar-refractivity contribution in [2.75, 3.05) is 32.0 Å². The van der Waals surface area contributed by atoms with E-state index in [-0.39, 0.29) is 4.90 Å². The van der Waals surface area contributed by atoms with E-state index in [9.17, 15) is 8.42 Å². The molecule has 1 saturated heterocycles. The molecule has 0 unspecified atom stereocenters. The number of rotatable bonds is 6. The van der Waals surface area contributed by atoms with Gasteiger partial charge < -0.3 is 15.4 Å². The van der Waals surface area contributed by atoms with Gasteiger partial charge in [0, 0.05) is 12.2 Å². The summed E-state index contributed by atoms with van der Waals surface area (Å²) < 4.78 is 35.2. The molecule has 1 aliphatic rings. The van der Waals surface area contributed by atoms with Crippen LogP contribution in [-0.2, 0) is 10.1 Å². The highest BCUT2D eigenvalue weighted by molar-refractivity contribution is 7.85. The van der Waals surface area contributed by atoms with Gasteiger partial charge in [0.25, 0.3) is 10.1 Å². The van der Waals surface area contributed by atoms with Crippen LogP contribution in [0, 0.1) is 6.92 Å². The van der Waals surface area contributed by atoms with E-state index in [1.807, 2.05) is 31.2 Å². The van der Waals surface area contributed by atoms with Gasteiger partial charge in [-0.2, -0.15) is 8.42 Å². The number of nitrogens with zero attached hydrogens (tertiary/aromatic N) is 1. The third-order valence-corrected chi connectivity index (χ3v) is 5.15. The molecule has 7 heteroatoms. The standard InChI is InChI=1S/C13H20N2O.C7H8O3S/c14-12-4-6-13(7-5-12)16-11-3-10-15-8-1-2-9-15;1-6-2-4-7(5-3-6)11(8,9)10/h4-7H,1-3,8-11,14H2;2-5H,1H3,(H,8,9,10). The van der Waals surface area contributed by atoms with Crippen molar-refractivity contribution in [2.45, 2.75) is 31.1 Å². The van der Waals surface area contributed by atoms with Gasteiger partial charge in [-0.05, 0) is 75.7 Å². The van der Waals surface area contributed by atoms with Crippen molar-refractivity contribution in [1.29, 1.82) is 0 Å². The van der Waals surface area contributed by atoms with E-state index in [0.717, 1.165) is 36.6 Å². The SMILES string of the molecule is Cc1ccc(S(=O)(=O)O)cc1.Nc1ccc(OCCCN2CCCC2)cc1. The number of nitrogens with two attached hydrogens (primary N) is 1. The number of nitrogen functional groups attached to an aromatic ring is 1. The number of hydrogen-bond acceptors (Lipinski definition) is 5. The minimum Gasteiger partial charge on any atom is -0.494 e. The maximum absolute atomic E-state index is 10.5. The van der Waals surface area contributed by atoms with Crippen molar-refractivity contribution in [3.63, 3.8) is 0 Å². The Morgan fingerprint density at radius 1 is 1.04 bits per heavy atom. The van der Waals surface area contributed by atoms with Crippen LogP contribution in [0.5, 0.6) is 5.75 Å². The van der Waals surface area contributed by atoms with E-state index in [1.165, 1.54) is 38.1 Å². The van der Waals surface area contributed by atoms with E-state index in [2.05, 4.69) is 4.90 Å². The molecule has 27 heavy (non-hydrogen) atoms. The molecule has 0 spiro atoms. The topological polar surface area (TPSA) is 92.9 Å². The Hall–Kier alpha value is -2.09. The zero-order valence-electron chi connectivity index (χ0n) is 15.7. The highest BCUT2D eigenvalue weighted by atomic mass is 32.2. The quantitative estimate of drug-likeness (QED) is 0.445. The second-order valence-electron chi connectivity index (χ2n) is 6.61. The summed E-state index contributed by atoms with van der Waals surface area (Å²) in [5, 5.41) is 0. The van der Waals surface area contributed by atoms with Gasteiger partial charge in [0.1, 0.15) is 5.75 Å². The van der Waals surface area contributed by atoms with Crippen molar-refractivity contribution in [2.24, 2.45) is 0 Å². The molecule has 6 nitrogen and oxygen atoms in total. The zero-order chi connectivity index (χ0) is 19.7. The van der Waals surface area contributed by atoms with Crippen LogP contribution in [0.1, 0.15) is 24.8 Å². The second kappa shape index (κ2) is 10.3. The summed E-state index contributed by atoms with van der Waals surface area (Å²) >= 11 is 0. The van der Waals surface area contributed by atoms with E-state index in [0.29, 0.717) is 0 Å². The maximum atomic E-state index is 10.5. The average molecular weight is 393 g/mol. The molecule has 2 aromatic carbocycles. The van der Waals surface area contributed by atoms with Crippen LogP contribution < -0.4 is 10.5 Å². The fourth-order valence-electron chi connectivity index (χ4n) is 2.76. The van der Waals surface area contributed by atoms with Gasteiger partial charge in [0.15, 0.2) is 0 Å². The van der Waals surface area contributed by atoms with Gasteiger partial charge in [-0.3, -0.25) is 4.55 Å². The molecule has 2 aromatic rings. The Morgan fingerprint density at radius 2 is 1.63 bits per heavy atom. The molecule has 0 amide bonds. The van der Waals surface area contributed by atoms with Crippen LogP contribution in [0.2, 0.25) is 0 Å². The molecule has 3 N–H and O–H groups in total. The lowest BCUT2D eigenvalue weighted by atomic mass is 10.2. The molecule has 0 saturated carbocycles. The van der Waals surface area contributed by atoms with Crippen molar-refractivity contribution >= 4 is 15.8 Å². The summed E-state index contributed by atoms with van der Waals surface area (Å²) in [5.74, 6) is 0.913. The van der Waals surface area contributed by atoms with Crippen LogP contribution >= 0.6 is 0 Å². The lowest BCUT2D eigenvalue weighted by Crippen LogP contribution is -2.21. The van der Waals surface area contributed by atoms with Gasteiger partial charge in [-0.15, -0.1) is 0 Å². The summed E-state index contributed by atoms with van der Waals surface area (Å²) in [5.41, 5.74) is 7.34. The first-order valence-electron chi connectivity index (χ1n) is 9.09. The molecule has 0 radical (unpaired) electrons. The Morgan fingerprint density at radius 3 is 2.19 bits per heavy atom. The van der Waals surface area contributed by atoms with Gasteiger partial charge in [-0.1, -0.05) is 17.7 Å². The Labute approximate surface area is 161 Å². The molecule has 0 bridgehead atoms. The van der Waals surface area contributed by atoms with Crippen LogP contribution in [0.3, 0.4) is 0 Å². The Balaban J connectivity index is 0.000000208. The summed E-state index contributed by atoms with van der Waals surface area (Å²) in [4.78, 5) is 2.44. The molecule has 148 valence electrons. The van der Waals surface area contributed by atoms with Crippen LogP contribution in [0.25, 0.3) is 0 Å². The number of benzene rings is 2. The maximum Gasteiger partial charge on any atom is 0.294 e. The average Bonchev–Trinajstić information content (AvgIpc) is 3.14. The predicted molar refractivity (Wildman–Crippen MR) is 108 cm³/mol. The van der Waals surface area contributed by atoms with E-state index >= 15 is 0 Å². The first-order valence-corrected chi connectivity index (χ1v) is 10.5. The largest absolute Gasteiger partial charge is 0.494 e. The molecule has 0 aromatic heterocycles. The fraction of sp³-hybridized carbons (Fsp3) is 0.400. The third kappa shape index (κ3) is 7.99. The number of ether oxygens (including phenoxy) is 1. The summed E-state index contributed by atoms with van der Waals surface area (Å²) in [6.07, 6.45) is 3.82. The normalized spacial score (nSPS) is 14.4. The number of aryl methyl sites for hydroxylation is 1. The lowest BCUT2D eigenvalue weighted by molar-refractivity contribution is 0.263. The molecule has 1 aliphatic heterocycles. The van der Waals surface area contributed by atoms with E-state index < -0.39 is 10.1 Å². The van der Waals surface area contributed by atoms with Crippen LogP contribution in [0.4, 0.5) is 5.69 Å². The summed E-state index contributed by atoms with van der Waals surface area (Å²) in [7, 11) is -4.02.